The Balaban J connectivity index is 0.00000120. The van der Waals surface area contributed by atoms with E-state index in [1.165, 1.54) is 56.4 Å². The van der Waals surface area contributed by atoms with Gasteiger partial charge in [0.2, 0.25) is 0 Å². The highest BCUT2D eigenvalue weighted by atomic mass is 35.5. The number of benzene rings is 1. The van der Waals surface area contributed by atoms with Crippen molar-refractivity contribution in [2.75, 3.05) is 18.0 Å². The molecule has 0 spiro atoms. The van der Waals surface area contributed by atoms with Gasteiger partial charge in [-0.15, -0.1) is 12.4 Å². The average Bonchev–Trinajstić information content (AvgIpc) is 2.80. The molecular formula is C15H23ClN2. The molecule has 1 saturated carbocycles. The SMILES string of the molecule is Cl.N[C@H](c1ccc(N2CCCC2)cc1)C1CCC1. The Hall–Kier alpha value is -0.730. The number of anilines is 1. The zero-order valence-electron chi connectivity index (χ0n) is 10.8. The van der Waals surface area contributed by atoms with E-state index in [0.29, 0.717) is 0 Å². The first-order valence-corrected chi connectivity index (χ1v) is 6.95. The zero-order valence-corrected chi connectivity index (χ0v) is 11.7. The van der Waals surface area contributed by atoms with Crippen LogP contribution in [0.5, 0.6) is 0 Å². The molecule has 100 valence electrons. The Bertz CT molecular complexity index is 367. The minimum atomic E-state index is 0. The van der Waals surface area contributed by atoms with Crippen LogP contribution in [-0.2, 0) is 0 Å². The molecule has 1 aromatic carbocycles. The van der Waals surface area contributed by atoms with Crippen molar-refractivity contribution in [1.29, 1.82) is 0 Å². The van der Waals surface area contributed by atoms with Crippen molar-refractivity contribution in [2.24, 2.45) is 11.7 Å². The predicted molar refractivity (Wildman–Crippen MR) is 79.4 cm³/mol. The summed E-state index contributed by atoms with van der Waals surface area (Å²) in [7, 11) is 0. The summed E-state index contributed by atoms with van der Waals surface area (Å²) in [5.74, 6) is 0.729. The van der Waals surface area contributed by atoms with Crippen LogP contribution in [0.2, 0.25) is 0 Å². The lowest BCUT2D eigenvalue weighted by molar-refractivity contribution is 0.264. The van der Waals surface area contributed by atoms with E-state index in [4.69, 9.17) is 5.73 Å². The van der Waals surface area contributed by atoms with Crippen molar-refractivity contribution in [2.45, 2.75) is 38.1 Å². The summed E-state index contributed by atoms with van der Waals surface area (Å²) in [6, 6.07) is 9.22. The molecule has 0 amide bonds. The average molecular weight is 267 g/mol. The second-order valence-corrected chi connectivity index (χ2v) is 5.50. The number of hydrogen-bond acceptors (Lipinski definition) is 2. The fraction of sp³-hybridized carbons (Fsp3) is 0.600. The summed E-state index contributed by atoms with van der Waals surface area (Å²) in [4.78, 5) is 2.47. The van der Waals surface area contributed by atoms with Crippen LogP contribution >= 0.6 is 12.4 Å². The van der Waals surface area contributed by atoms with E-state index in [1.54, 1.807) is 0 Å². The van der Waals surface area contributed by atoms with Crippen molar-refractivity contribution in [1.82, 2.24) is 0 Å². The number of nitrogens with zero attached hydrogens (tertiary/aromatic N) is 1. The number of rotatable bonds is 3. The van der Waals surface area contributed by atoms with Crippen LogP contribution in [-0.4, -0.2) is 13.1 Å². The van der Waals surface area contributed by atoms with Gasteiger partial charge in [-0.1, -0.05) is 18.6 Å². The maximum absolute atomic E-state index is 6.29. The first kappa shape index (κ1) is 13.7. The summed E-state index contributed by atoms with van der Waals surface area (Å²) >= 11 is 0. The lowest BCUT2D eigenvalue weighted by Crippen LogP contribution is -2.26. The topological polar surface area (TPSA) is 29.3 Å². The molecule has 3 heteroatoms. The molecule has 2 fully saturated rings. The van der Waals surface area contributed by atoms with E-state index >= 15 is 0 Å². The number of nitrogens with two attached hydrogens (primary N) is 1. The van der Waals surface area contributed by atoms with Crippen LogP contribution in [0.25, 0.3) is 0 Å². The van der Waals surface area contributed by atoms with Crippen molar-refractivity contribution < 1.29 is 0 Å². The van der Waals surface area contributed by atoms with E-state index in [0.717, 1.165) is 5.92 Å². The molecule has 1 atom stereocenters. The van der Waals surface area contributed by atoms with Gasteiger partial charge in [-0.3, -0.25) is 0 Å². The smallest absolute Gasteiger partial charge is 0.0366 e. The molecule has 2 aliphatic rings. The standard InChI is InChI=1S/C15H22N2.ClH/c16-15(12-4-3-5-12)13-6-8-14(9-7-13)17-10-1-2-11-17;/h6-9,12,15H,1-5,10-11,16H2;1H/t15-;/m0./s1. The molecule has 1 saturated heterocycles. The Morgan fingerprint density at radius 1 is 1.00 bits per heavy atom. The van der Waals surface area contributed by atoms with Crippen molar-refractivity contribution >= 4 is 18.1 Å². The van der Waals surface area contributed by atoms with Crippen LogP contribution in [0, 0.1) is 5.92 Å². The van der Waals surface area contributed by atoms with Gasteiger partial charge in [-0.2, -0.15) is 0 Å². The largest absolute Gasteiger partial charge is 0.372 e. The third-order valence-corrected chi connectivity index (χ3v) is 4.41. The predicted octanol–water partition coefficient (Wildman–Crippen LogP) is 3.51. The van der Waals surface area contributed by atoms with Crippen molar-refractivity contribution in [3.8, 4) is 0 Å². The van der Waals surface area contributed by atoms with Gasteiger partial charge in [0.05, 0.1) is 0 Å². The highest BCUT2D eigenvalue weighted by molar-refractivity contribution is 5.85. The van der Waals surface area contributed by atoms with Gasteiger partial charge < -0.3 is 10.6 Å². The fourth-order valence-corrected chi connectivity index (χ4v) is 2.95. The Labute approximate surface area is 116 Å². The van der Waals surface area contributed by atoms with E-state index in [9.17, 15) is 0 Å². The first-order chi connectivity index (χ1) is 8.34. The van der Waals surface area contributed by atoms with Gasteiger partial charge in [-0.05, 0) is 49.3 Å². The summed E-state index contributed by atoms with van der Waals surface area (Å²) in [5, 5.41) is 0. The molecule has 0 aromatic heterocycles. The molecule has 1 aliphatic heterocycles. The summed E-state index contributed by atoms with van der Waals surface area (Å²) < 4.78 is 0. The summed E-state index contributed by atoms with van der Waals surface area (Å²) in [5.41, 5.74) is 8.98. The Kier molecular flexibility index (Phi) is 4.52. The molecule has 1 heterocycles. The molecule has 0 unspecified atom stereocenters. The van der Waals surface area contributed by atoms with Crippen molar-refractivity contribution in [3.63, 3.8) is 0 Å². The Morgan fingerprint density at radius 3 is 2.11 bits per heavy atom. The summed E-state index contributed by atoms with van der Waals surface area (Å²) in [6.45, 7) is 2.43. The van der Waals surface area contributed by atoms with E-state index < -0.39 is 0 Å². The molecular weight excluding hydrogens is 244 g/mol. The van der Waals surface area contributed by atoms with Gasteiger partial charge in [0.1, 0.15) is 0 Å². The highest BCUT2D eigenvalue weighted by Gasteiger charge is 2.25. The monoisotopic (exact) mass is 266 g/mol. The fourth-order valence-electron chi connectivity index (χ4n) is 2.95. The van der Waals surface area contributed by atoms with Gasteiger partial charge >= 0.3 is 0 Å². The quantitative estimate of drug-likeness (QED) is 0.907. The molecule has 2 nitrogen and oxygen atoms in total. The Morgan fingerprint density at radius 2 is 1.61 bits per heavy atom. The van der Waals surface area contributed by atoms with E-state index in [2.05, 4.69) is 29.2 Å². The molecule has 2 N–H and O–H groups in total. The third-order valence-electron chi connectivity index (χ3n) is 4.41. The molecule has 0 radical (unpaired) electrons. The van der Waals surface area contributed by atoms with Crippen molar-refractivity contribution in [3.05, 3.63) is 29.8 Å². The van der Waals surface area contributed by atoms with Gasteiger partial charge in [0.15, 0.2) is 0 Å². The minimum Gasteiger partial charge on any atom is -0.372 e. The van der Waals surface area contributed by atoms with Crippen LogP contribution in [0.15, 0.2) is 24.3 Å². The second kappa shape index (κ2) is 5.94. The maximum atomic E-state index is 6.29. The number of hydrogen-bond donors (Lipinski definition) is 1. The number of halogens is 1. The van der Waals surface area contributed by atoms with E-state index in [-0.39, 0.29) is 18.4 Å². The second-order valence-electron chi connectivity index (χ2n) is 5.50. The van der Waals surface area contributed by atoms with Crippen LogP contribution < -0.4 is 10.6 Å². The van der Waals surface area contributed by atoms with Gasteiger partial charge in [0, 0.05) is 24.8 Å². The maximum Gasteiger partial charge on any atom is 0.0366 e. The lowest BCUT2D eigenvalue weighted by atomic mass is 9.77. The van der Waals surface area contributed by atoms with Crippen LogP contribution in [0.1, 0.15) is 43.7 Å². The zero-order chi connectivity index (χ0) is 11.7. The highest BCUT2D eigenvalue weighted by Crippen LogP contribution is 2.36. The molecule has 18 heavy (non-hydrogen) atoms. The molecule has 3 rings (SSSR count). The minimum absolute atomic E-state index is 0. The summed E-state index contributed by atoms with van der Waals surface area (Å²) in [6.07, 6.45) is 6.67. The van der Waals surface area contributed by atoms with E-state index in [1.807, 2.05) is 0 Å². The first-order valence-electron chi connectivity index (χ1n) is 6.95. The molecule has 1 aromatic rings. The van der Waals surface area contributed by atoms with Gasteiger partial charge in [0.25, 0.3) is 0 Å². The lowest BCUT2D eigenvalue weighted by Gasteiger charge is -2.31. The normalized spacial score (nSPS) is 21.3. The molecule has 0 bridgehead atoms. The van der Waals surface area contributed by atoms with Crippen LogP contribution in [0.4, 0.5) is 5.69 Å². The van der Waals surface area contributed by atoms with Crippen LogP contribution in [0.3, 0.4) is 0 Å². The molecule has 1 aliphatic carbocycles. The third kappa shape index (κ3) is 2.65. The van der Waals surface area contributed by atoms with Gasteiger partial charge in [-0.25, -0.2) is 0 Å².